The molecule has 1 N–H and O–H groups in total. The highest BCUT2D eigenvalue weighted by Crippen LogP contribution is 2.20. The molecule has 128 valence electrons. The lowest BCUT2D eigenvalue weighted by atomic mass is 10.0. The predicted octanol–water partition coefficient (Wildman–Crippen LogP) is 1.76. The van der Waals surface area contributed by atoms with E-state index in [-0.39, 0.29) is 5.75 Å². The molecule has 0 saturated carbocycles. The second-order valence-electron chi connectivity index (χ2n) is 5.98. The minimum absolute atomic E-state index is 0.169. The lowest BCUT2D eigenvalue weighted by molar-refractivity contribution is 0.212. The first kappa shape index (κ1) is 16.9. The van der Waals surface area contributed by atoms with Gasteiger partial charge in [-0.05, 0) is 18.6 Å². The summed E-state index contributed by atoms with van der Waals surface area (Å²) in [5.74, 6) is 2.06. The van der Waals surface area contributed by atoms with Crippen LogP contribution >= 0.6 is 0 Å². The molecule has 1 saturated heterocycles. The van der Waals surface area contributed by atoms with Crippen LogP contribution in [0.4, 0.5) is 5.82 Å². The van der Waals surface area contributed by atoms with E-state index in [2.05, 4.69) is 27.4 Å². The summed E-state index contributed by atoms with van der Waals surface area (Å²) in [7, 11) is -3.04. The smallest absolute Gasteiger partial charge is 0.213 e. The van der Waals surface area contributed by atoms with Crippen molar-refractivity contribution in [2.45, 2.75) is 13.3 Å². The molecule has 2 aromatic rings. The number of hydrogen-bond donors (Lipinski definition) is 1. The third-order valence-corrected chi connectivity index (χ3v) is 5.98. The van der Waals surface area contributed by atoms with Crippen LogP contribution in [-0.4, -0.2) is 48.1 Å². The van der Waals surface area contributed by atoms with Crippen LogP contribution in [0.25, 0.3) is 0 Å². The molecule has 6 nitrogen and oxygen atoms in total. The minimum atomic E-state index is -3.04. The van der Waals surface area contributed by atoms with Gasteiger partial charge in [-0.15, -0.1) is 0 Å². The number of sulfonamides is 1. The van der Waals surface area contributed by atoms with Crippen LogP contribution in [0.15, 0.2) is 42.6 Å². The van der Waals surface area contributed by atoms with Crippen LogP contribution in [-0.2, 0) is 16.4 Å². The average Bonchev–Trinajstić information content (AvgIpc) is 2.54. The van der Waals surface area contributed by atoms with Crippen molar-refractivity contribution in [3.63, 3.8) is 0 Å². The first-order valence-corrected chi connectivity index (χ1v) is 9.75. The zero-order valence-corrected chi connectivity index (χ0v) is 14.5. The van der Waals surface area contributed by atoms with Crippen LogP contribution in [0.5, 0.6) is 0 Å². The van der Waals surface area contributed by atoms with Crippen molar-refractivity contribution in [3.05, 3.63) is 54.0 Å². The summed E-state index contributed by atoms with van der Waals surface area (Å²) >= 11 is 0. The van der Waals surface area contributed by atoms with E-state index < -0.39 is 10.0 Å². The normalized spacial score (nSPS) is 15.9. The molecule has 0 aliphatic carbocycles. The van der Waals surface area contributed by atoms with Gasteiger partial charge in [-0.2, -0.15) is 0 Å². The lowest BCUT2D eigenvalue weighted by Gasteiger charge is -2.38. The van der Waals surface area contributed by atoms with Crippen molar-refractivity contribution in [3.8, 4) is 0 Å². The van der Waals surface area contributed by atoms with Crippen LogP contribution in [0.2, 0.25) is 0 Å². The third kappa shape index (κ3) is 4.10. The van der Waals surface area contributed by atoms with Gasteiger partial charge in [0, 0.05) is 38.2 Å². The molecule has 1 aromatic heterocycles. The highest BCUT2D eigenvalue weighted by molar-refractivity contribution is 7.89. The first-order valence-electron chi connectivity index (χ1n) is 8.14. The van der Waals surface area contributed by atoms with E-state index in [9.17, 15) is 8.42 Å². The van der Waals surface area contributed by atoms with E-state index in [1.807, 2.05) is 24.3 Å². The van der Waals surface area contributed by atoms with Crippen LogP contribution in [0.3, 0.4) is 0 Å². The SMILES string of the molecule is CCS(=O)(=O)N1CC(CNc2ccnc(Cc3ccccc3)n2)C1. The van der Waals surface area contributed by atoms with Crippen molar-refractivity contribution in [2.24, 2.45) is 5.92 Å². The third-order valence-electron chi connectivity index (χ3n) is 4.16. The summed E-state index contributed by atoms with van der Waals surface area (Å²) in [6, 6.07) is 12.0. The fraction of sp³-hybridized carbons (Fsp3) is 0.412. The molecule has 3 rings (SSSR count). The maximum atomic E-state index is 11.7. The minimum Gasteiger partial charge on any atom is -0.370 e. The number of rotatable bonds is 7. The van der Waals surface area contributed by atoms with Crippen molar-refractivity contribution in [1.29, 1.82) is 0 Å². The molecule has 0 atom stereocenters. The highest BCUT2D eigenvalue weighted by Gasteiger charge is 2.34. The Balaban J connectivity index is 1.51. The number of hydrogen-bond acceptors (Lipinski definition) is 5. The Kier molecular flexibility index (Phi) is 5.11. The summed E-state index contributed by atoms with van der Waals surface area (Å²) in [5, 5.41) is 3.29. The second-order valence-corrected chi connectivity index (χ2v) is 8.24. The molecule has 0 bridgehead atoms. The highest BCUT2D eigenvalue weighted by atomic mass is 32.2. The molecule has 1 aliphatic rings. The fourth-order valence-electron chi connectivity index (χ4n) is 2.67. The quantitative estimate of drug-likeness (QED) is 0.827. The van der Waals surface area contributed by atoms with Crippen molar-refractivity contribution >= 4 is 15.8 Å². The Labute approximate surface area is 143 Å². The Morgan fingerprint density at radius 1 is 1.21 bits per heavy atom. The molecular weight excluding hydrogens is 324 g/mol. The summed E-state index contributed by atoms with van der Waals surface area (Å²) < 4.78 is 25.0. The largest absolute Gasteiger partial charge is 0.370 e. The van der Waals surface area contributed by atoms with Gasteiger partial charge >= 0.3 is 0 Å². The van der Waals surface area contributed by atoms with Crippen molar-refractivity contribution in [2.75, 3.05) is 30.7 Å². The molecule has 0 spiro atoms. The van der Waals surface area contributed by atoms with Crippen molar-refractivity contribution in [1.82, 2.24) is 14.3 Å². The van der Waals surface area contributed by atoms with E-state index >= 15 is 0 Å². The molecule has 7 heteroatoms. The summed E-state index contributed by atoms with van der Waals surface area (Å²) in [5.41, 5.74) is 1.18. The first-order chi connectivity index (χ1) is 11.6. The molecule has 1 aliphatic heterocycles. The Morgan fingerprint density at radius 2 is 1.96 bits per heavy atom. The van der Waals surface area contributed by atoms with Gasteiger partial charge in [0.25, 0.3) is 0 Å². The van der Waals surface area contributed by atoms with E-state index in [1.54, 1.807) is 17.4 Å². The van der Waals surface area contributed by atoms with Crippen molar-refractivity contribution < 1.29 is 8.42 Å². The van der Waals surface area contributed by atoms with Gasteiger partial charge in [0.1, 0.15) is 11.6 Å². The zero-order valence-electron chi connectivity index (χ0n) is 13.7. The number of aromatic nitrogens is 2. The topological polar surface area (TPSA) is 75.2 Å². The van der Waals surface area contributed by atoms with Crippen LogP contribution < -0.4 is 5.32 Å². The molecule has 1 fully saturated rings. The maximum absolute atomic E-state index is 11.7. The zero-order chi connectivity index (χ0) is 17.0. The molecular formula is C17H22N4O2S. The number of nitrogens with one attached hydrogen (secondary N) is 1. The molecule has 24 heavy (non-hydrogen) atoms. The molecule has 1 aromatic carbocycles. The predicted molar refractivity (Wildman–Crippen MR) is 94.3 cm³/mol. The Hall–Kier alpha value is -1.99. The van der Waals surface area contributed by atoms with Gasteiger partial charge in [0.2, 0.25) is 10.0 Å². The fourth-order valence-corrected chi connectivity index (χ4v) is 3.91. The second kappa shape index (κ2) is 7.27. The van der Waals surface area contributed by atoms with Crippen LogP contribution in [0, 0.1) is 5.92 Å². The summed E-state index contributed by atoms with van der Waals surface area (Å²) in [6.45, 7) is 3.57. The van der Waals surface area contributed by atoms with Gasteiger partial charge in [-0.1, -0.05) is 30.3 Å². The number of nitrogens with zero attached hydrogens (tertiary/aromatic N) is 3. The lowest BCUT2D eigenvalue weighted by Crippen LogP contribution is -2.52. The van der Waals surface area contributed by atoms with E-state index in [4.69, 9.17) is 0 Å². The van der Waals surface area contributed by atoms with Gasteiger partial charge in [0.05, 0.1) is 5.75 Å². The Morgan fingerprint density at radius 3 is 2.67 bits per heavy atom. The average molecular weight is 346 g/mol. The number of anilines is 1. The molecule has 0 unspecified atom stereocenters. The molecule has 0 radical (unpaired) electrons. The maximum Gasteiger partial charge on any atom is 0.213 e. The van der Waals surface area contributed by atoms with Gasteiger partial charge in [0.15, 0.2) is 0 Å². The van der Waals surface area contributed by atoms with Gasteiger partial charge < -0.3 is 5.32 Å². The van der Waals surface area contributed by atoms with E-state index in [1.165, 1.54) is 5.56 Å². The number of benzene rings is 1. The van der Waals surface area contributed by atoms with Crippen LogP contribution in [0.1, 0.15) is 18.3 Å². The molecule has 0 amide bonds. The summed E-state index contributed by atoms with van der Waals surface area (Å²) in [6.07, 6.45) is 2.45. The Bertz CT molecular complexity index is 774. The van der Waals surface area contributed by atoms with E-state index in [0.717, 1.165) is 18.2 Å². The van der Waals surface area contributed by atoms with Gasteiger partial charge in [-0.3, -0.25) is 0 Å². The standard InChI is InChI=1S/C17H22N4O2S/c1-2-24(22,23)21-12-15(13-21)11-19-16-8-9-18-17(20-16)10-14-6-4-3-5-7-14/h3-9,15H,2,10-13H2,1H3,(H,18,19,20). The summed E-state index contributed by atoms with van der Waals surface area (Å²) in [4.78, 5) is 8.84. The van der Waals surface area contributed by atoms with E-state index in [0.29, 0.717) is 25.4 Å². The monoisotopic (exact) mass is 346 g/mol. The van der Waals surface area contributed by atoms with Gasteiger partial charge in [-0.25, -0.2) is 22.7 Å². The molecule has 2 heterocycles.